The molecule has 0 aromatic heterocycles. The zero-order valence-electron chi connectivity index (χ0n) is 12.2. The van der Waals surface area contributed by atoms with Crippen molar-refractivity contribution >= 4 is 5.78 Å². The topological polar surface area (TPSA) is 26.3 Å². The molecule has 0 bridgehead atoms. The number of carbonyl (C=O) groups excluding carboxylic acids is 1. The maximum absolute atomic E-state index is 11.8. The Morgan fingerprint density at radius 1 is 1.05 bits per heavy atom. The van der Waals surface area contributed by atoms with Gasteiger partial charge in [0.1, 0.15) is 12.4 Å². The van der Waals surface area contributed by atoms with Gasteiger partial charge in [0.05, 0.1) is 5.56 Å². The summed E-state index contributed by atoms with van der Waals surface area (Å²) in [6, 6.07) is 15.8. The lowest BCUT2D eigenvalue weighted by molar-refractivity contribution is 0.101. The van der Waals surface area contributed by atoms with Crippen LogP contribution in [0.1, 0.15) is 48.2 Å². The number of ketones is 1. The molecular weight excluding hydrogens is 248 g/mol. The second kappa shape index (κ2) is 6.38. The van der Waals surface area contributed by atoms with E-state index >= 15 is 0 Å². The molecule has 0 heterocycles. The quantitative estimate of drug-likeness (QED) is 0.741. The molecule has 20 heavy (non-hydrogen) atoms. The van der Waals surface area contributed by atoms with Crippen molar-refractivity contribution in [3.05, 3.63) is 65.2 Å². The van der Waals surface area contributed by atoms with Crippen molar-refractivity contribution in [2.45, 2.75) is 33.3 Å². The first-order valence-electron chi connectivity index (χ1n) is 6.90. The van der Waals surface area contributed by atoms with Crippen LogP contribution in [0.15, 0.2) is 48.5 Å². The van der Waals surface area contributed by atoms with Crippen molar-refractivity contribution < 1.29 is 9.53 Å². The van der Waals surface area contributed by atoms with Crippen LogP contribution in [-0.4, -0.2) is 5.78 Å². The van der Waals surface area contributed by atoms with Crippen LogP contribution in [0.2, 0.25) is 0 Å². The van der Waals surface area contributed by atoms with Crippen LogP contribution in [0.3, 0.4) is 0 Å². The molecule has 0 radical (unpaired) electrons. The normalized spacial score (nSPS) is 10.6. The number of rotatable bonds is 5. The van der Waals surface area contributed by atoms with Gasteiger partial charge in [-0.3, -0.25) is 4.79 Å². The van der Waals surface area contributed by atoms with Crippen molar-refractivity contribution in [2.75, 3.05) is 0 Å². The van der Waals surface area contributed by atoms with Gasteiger partial charge in [0.25, 0.3) is 0 Å². The summed E-state index contributed by atoms with van der Waals surface area (Å²) in [5.74, 6) is 1.08. The third-order valence-corrected chi connectivity index (χ3v) is 3.27. The number of carbonyl (C=O) groups is 1. The minimum absolute atomic E-state index is 0.0376. The van der Waals surface area contributed by atoms with E-state index in [9.17, 15) is 4.79 Å². The molecule has 0 unspecified atom stereocenters. The Balaban J connectivity index is 2.31. The molecule has 0 aliphatic carbocycles. The van der Waals surface area contributed by atoms with E-state index in [0.29, 0.717) is 18.1 Å². The second-order valence-electron chi connectivity index (χ2n) is 5.21. The van der Waals surface area contributed by atoms with Crippen molar-refractivity contribution in [2.24, 2.45) is 0 Å². The molecule has 0 amide bonds. The summed E-state index contributed by atoms with van der Waals surface area (Å²) in [5, 5.41) is 0. The van der Waals surface area contributed by atoms with E-state index in [0.717, 1.165) is 16.9 Å². The second-order valence-corrected chi connectivity index (χ2v) is 5.21. The summed E-state index contributed by atoms with van der Waals surface area (Å²) < 4.78 is 5.96. The number of hydrogen-bond donors (Lipinski definition) is 0. The van der Waals surface area contributed by atoms with Crippen molar-refractivity contribution in [1.82, 2.24) is 0 Å². The van der Waals surface area contributed by atoms with Gasteiger partial charge in [-0.1, -0.05) is 56.3 Å². The molecular formula is C18H20O2. The van der Waals surface area contributed by atoms with Crippen LogP contribution in [0.4, 0.5) is 0 Å². The van der Waals surface area contributed by atoms with Gasteiger partial charge < -0.3 is 4.74 Å². The molecule has 2 aromatic rings. The minimum Gasteiger partial charge on any atom is -0.488 e. The van der Waals surface area contributed by atoms with Crippen LogP contribution in [-0.2, 0) is 6.61 Å². The highest BCUT2D eigenvalue weighted by molar-refractivity contribution is 5.97. The molecule has 0 saturated heterocycles. The van der Waals surface area contributed by atoms with Gasteiger partial charge in [-0.2, -0.15) is 0 Å². The minimum atomic E-state index is 0.0376. The lowest BCUT2D eigenvalue weighted by atomic mass is 9.97. The van der Waals surface area contributed by atoms with Crippen molar-refractivity contribution in [3.8, 4) is 5.75 Å². The third-order valence-electron chi connectivity index (χ3n) is 3.27. The number of para-hydroxylation sites is 1. The predicted molar refractivity (Wildman–Crippen MR) is 81.3 cm³/mol. The summed E-state index contributed by atoms with van der Waals surface area (Å²) in [6.45, 7) is 6.27. The zero-order chi connectivity index (χ0) is 14.5. The van der Waals surface area contributed by atoms with E-state index in [4.69, 9.17) is 4.74 Å². The van der Waals surface area contributed by atoms with E-state index in [1.54, 1.807) is 6.92 Å². The van der Waals surface area contributed by atoms with Gasteiger partial charge in [0, 0.05) is 0 Å². The summed E-state index contributed by atoms with van der Waals surface area (Å²) in [4.78, 5) is 11.8. The Kier molecular flexibility index (Phi) is 4.57. The maximum Gasteiger partial charge on any atom is 0.163 e. The highest BCUT2D eigenvalue weighted by Crippen LogP contribution is 2.31. The molecule has 104 valence electrons. The van der Waals surface area contributed by atoms with Crippen LogP contribution < -0.4 is 4.74 Å². The molecule has 0 spiro atoms. The largest absolute Gasteiger partial charge is 0.488 e. The van der Waals surface area contributed by atoms with Gasteiger partial charge >= 0.3 is 0 Å². The first-order chi connectivity index (χ1) is 9.59. The Bertz CT molecular complexity index is 586. The molecule has 0 aliphatic rings. The monoisotopic (exact) mass is 268 g/mol. The van der Waals surface area contributed by atoms with Crippen molar-refractivity contribution in [3.63, 3.8) is 0 Å². The first kappa shape index (κ1) is 14.3. The molecule has 2 nitrogen and oxygen atoms in total. The van der Waals surface area contributed by atoms with Crippen LogP contribution in [0.25, 0.3) is 0 Å². The molecule has 0 fully saturated rings. The van der Waals surface area contributed by atoms with Gasteiger partial charge in [-0.15, -0.1) is 0 Å². The fourth-order valence-corrected chi connectivity index (χ4v) is 2.18. The van der Waals surface area contributed by atoms with Crippen LogP contribution >= 0.6 is 0 Å². The van der Waals surface area contributed by atoms with E-state index in [1.807, 2.05) is 48.5 Å². The fourth-order valence-electron chi connectivity index (χ4n) is 2.18. The standard InChI is InChI=1S/C18H20O2/c1-13(2)16-10-7-11-17(14(3)19)18(16)20-12-15-8-5-4-6-9-15/h4-11,13H,12H2,1-3H3. The molecule has 0 N–H and O–H groups in total. The van der Waals surface area contributed by atoms with Gasteiger partial charge in [0.15, 0.2) is 5.78 Å². The Labute approximate surface area is 120 Å². The fraction of sp³-hybridized carbons (Fsp3) is 0.278. The maximum atomic E-state index is 11.8. The number of hydrogen-bond acceptors (Lipinski definition) is 2. The smallest absolute Gasteiger partial charge is 0.163 e. The predicted octanol–water partition coefficient (Wildman–Crippen LogP) is 4.59. The van der Waals surface area contributed by atoms with Gasteiger partial charge in [-0.25, -0.2) is 0 Å². The Morgan fingerprint density at radius 2 is 1.75 bits per heavy atom. The van der Waals surface area contributed by atoms with Crippen LogP contribution in [0, 0.1) is 0 Å². The SMILES string of the molecule is CC(=O)c1cccc(C(C)C)c1OCc1ccccc1. The molecule has 0 atom stereocenters. The number of Topliss-reactive ketones (excluding diaryl/α,β-unsaturated/α-hetero) is 1. The highest BCUT2D eigenvalue weighted by Gasteiger charge is 2.15. The number of benzene rings is 2. The lowest BCUT2D eigenvalue weighted by Gasteiger charge is -2.17. The van der Waals surface area contributed by atoms with Gasteiger partial charge in [-0.05, 0) is 30.0 Å². The van der Waals surface area contributed by atoms with E-state index in [1.165, 1.54) is 0 Å². The first-order valence-corrected chi connectivity index (χ1v) is 6.90. The van der Waals surface area contributed by atoms with Crippen LogP contribution in [0.5, 0.6) is 5.75 Å². The van der Waals surface area contributed by atoms with E-state index < -0.39 is 0 Å². The summed E-state index contributed by atoms with van der Waals surface area (Å²) in [5.41, 5.74) is 2.83. The summed E-state index contributed by atoms with van der Waals surface area (Å²) in [6.07, 6.45) is 0. The molecule has 0 aliphatic heterocycles. The van der Waals surface area contributed by atoms with Gasteiger partial charge in [0.2, 0.25) is 0 Å². The van der Waals surface area contributed by atoms with Crippen molar-refractivity contribution in [1.29, 1.82) is 0 Å². The lowest BCUT2D eigenvalue weighted by Crippen LogP contribution is -2.05. The Hall–Kier alpha value is -2.09. The molecule has 0 saturated carbocycles. The Morgan fingerprint density at radius 3 is 2.35 bits per heavy atom. The summed E-state index contributed by atoms with van der Waals surface area (Å²) >= 11 is 0. The third kappa shape index (κ3) is 3.27. The van der Waals surface area contributed by atoms with E-state index in [2.05, 4.69) is 13.8 Å². The zero-order valence-corrected chi connectivity index (χ0v) is 12.2. The summed E-state index contributed by atoms with van der Waals surface area (Å²) in [7, 11) is 0. The molecule has 2 rings (SSSR count). The van der Waals surface area contributed by atoms with E-state index in [-0.39, 0.29) is 5.78 Å². The average Bonchev–Trinajstić information content (AvgIpc) is 2.45. The number of ether oxygens (including phenoxy) is 1. The molecule has 2 aromatic carbocycles. The highest BCUT2D eigenvalue weighted by atomic mass is 16.5. The molecule has 2 heteroatoms. The average molecular weight is 268 g/mol.